The normalized spacial score (nSPS) is 11.1. The van der Waals surface area contributed by atoms with Gasteiger partial charge in [-0.25, -0.2) is 15.0 Å². The van der Waals surface area contributed by atoms with Crippen molar-refractivity contribution < 1.29 is 4.74 Å². The molecule has 0 aliphatic heterocycles. The number of benzene rings is 1. The zero-order chi connectivity index (χ0) is 19.0. The standard InChI is InChI=1S/C20H20N4OS2/c1-12-20(27-13(2)22-12)16-10-26-19(23-16)8-15-7-14(5-6-18(15)25-4)17-9-21-11-24(17)3/h5-7,9-11H,8H2,1-4H3. The lowest BCUT2D eigenvalue weighted by molar-refractivity contribution is 0.410. The molecule has 7 heteroatoms. The van der Waals surface area contributed by atoms with Crippen LogP contribution < -0.4 is 4.74 Å². The zero-order valence-corrected chi connectivity index (χ0v) is 17.3. The van der Waals surface area contributed by atoms with Crippen LogP contribution in [-0.2, 0) is 13.5 Å². The van der Waals surface area contributed by atoms with Crippen LogP contribution in [0.25, 0.3) is 21.8 Å². The number of ether oxygens (including phenoxy) is 1. The van der Waals surface area contributed by atoms with E-state index in [1.54, 1.807) is 29.8 Å². The summed E-state index contributed by atoms with van der Waals surface area (Å²) in [5.41, 5.74) is 5.38. The fourth-order valence-corrected chi connectivity index (χ4v) is 4.90. The minimum absolute atomic E-state index is 0.733. The Morgan fingerprint density at radius 3 is 2.70 bits per heavy atom. The van der Waals surface area contributed by atoms with Gasteiger partial charge in [0, 0.05) is 30.0 Å². The van der Waals surface area contributed by atoms with Crippen molar-refractivity contribution in [3.63, 3.8) is 0 Å². The lowest BCUT2D eigenvalue weighted by Crippen LogP contribution is -1.96. The van der Waals surface area contributed by atoms with Crippen molar-refractivity contribution in [3.05, 3.63) is 57.4 Å². The minimum Gasteiger partial charge on any atom is -0.496 e. The van der Waals surface area contributed by atoms with Gasteiger partial charge in [0.2, 0.25) is 0 Å². The molecule has 0 bridgehead atoms. The van der Waals surface area contributed by atoms with Crippen LogP contribution >= 0.6 is 22.7 Å². The highest BCUT2D eigenvalue weighted by Gasteiger charge is 2.14. The van der Waals surface area contributed by atoms with Crippen LogP contribution in [0.3, 0.4) is 0 Å². The van der Waals surface area contributed by atoms with Crippen LogP contribution in [0.15, 0.2) is 36.1 Å². The highest BCUT2D eigenvalue weighted by Crippen LogP contribution is 2.33. The van der Waals surface area contributed by atoms with Gasteiger partial charge in [-0.1, -0.05) is 0 Å². The van der Waals surface area contributed by atoms with Gasteiger partial charge in [0.1, 0.15) is 5.75 Å². The van der Waals surface area contributed by atoms with Crippen molar-refractivity contribution in [3.8, 4) is 27.6 Å². The summed E-state index contributed by atoms with van der Waals surface area (Å²) in [7, 11) is 3.71. The van der Waals surface area contributed by atoms with Gasteiger partial charge in [0.25, 0.3) is 0 Å². The number of methoxy groups -OCH3 is 1. The number of hydrogen-bond acceptors (Lipinski definition) is 6. The van der Waals surface area contributed by atoms with Gasteiger partial charge in [-0.3, -0.25) is 0 Å². The first-order chi connectivity index (χ1) is 13.0. The summed E-state index contributed by atoms with van der Waals surface area (Å²) in [4.78, 5) is 14.7. The Morgan fingerprint density at radius 1 is 1.19 bits per heavy atom. The van der Waals surface area contributed by atoms with Crippen molar-refractivity contribution in [1.82, 2.24) is 19.5 Å². The summed E-state index contributed by atoms with van der Waals surface area (Å²) >= 11 is 3.37. The molecule has 0 spiro atoms. The maximum Gasteiger partial charge on any atom is 0.122 e. The molecule has 27 heavy (non-hydrogen) atoms. The first kappa shape index (κ1) is 17.9. The molecule has 0 fully saturated rings. The van der Waals surface area contributed by atoms with E-state index in [9.17, 15) is 0 Å². The Labute approximate surface area is 166 Å². The number of rotatable bonds is 5. The molecule has 0 saturated heterocycles. The van der Waals surface area contributed by atoms with Crippen LogP contribution in [0.1, 0.15) is 21.3 Å². The molecular formula is C20H20N4OS2. The van der Waals surface area contributed by atoms with Gasteiger partial charge in [-0.05, 0) is 32.0 Å². The molecule has 1 aromatic carbocycles. The number of aromatic nitrogens is 4. The molecule has 4 aromatic rings. The Balaban J connectivity index is 1.66. The summed E-state index contributed by atoms with van der Waals surface area (Å²) in [5, 5.41) is 4.26. The Bertz CT molecular complexity index is 1090. The summed E-state index contributed by atoms with van der Waals surface area (Å²) < 4.78 is 7.60. The van der Waals surface area contributed by atoms with Gasteiger partial charge in [-0.2, -0.15) is 0 Å². The Morgan fingerprint density at radius 2 is 2.04 bits per heavy atom. The summed E-state index contributed by atoms with van der Waals surface area (Å²) in [6.45, 7) is 4.07. The van der Waals surface area contributed by atoms with Crippen molar-refractivity contribution in [2.45, 2.75) is 20.3 Å². The average Bonchev–Trinajstić information content (AvgIpc) is 3.35. The largest absolute Gasteiger partial charge is 0.496 e. The first-order valence-corrected chi connectivity index (χ1v) is 10.3. The summed E-state index contributed by atoms with van der Waals surface area (Å²) in [5.74, 6) is 0.877. The van der Waals surface area contributed by atoms with E-state index in [4.69, 9.17) is 9.72 Å². The van der Waals surface area contributed by atoms with E-state index in [0.29, 0.717) is 0 Å². The van der Waals surface area contributed by atoms with Crippen LogP contribution in [0.5, 0.6) is 5.75 Å². The lowest BCUT2D eigenvalue weighted by atomic mass is 10.0. The summed E-state index contributed by atoms with van der Waals surface area (Å²) in [6, 6.07) is 6.25. The smallest absolute Gasteiger partial charge is 0.122 e. The minimum atomic E-state index is 0.733. The van der Waals surface area contributed by atoms with Crippen molar-refractivity contribution in [2.75, 3.05) is 7.11 Å². The molecule has 0 saturated carbocycles. The molecule has 0 atom stereocenters. The molecule has 0 radical (unpaired) electrons. The highest BCUT2D eigenvalue weighted by atomic mass is 32.1. The third-order valence-electron chi connectivity index (χ3n) is 4.42. The molecule has 0 N–H and O–H groups in total. The topological polar surface area (TPSA) is 52.8 Å². The van der Waals surface area contributed by atoms with E-state index < -0.39 is 0 Å². The number of aryl methyl sites for hydroxylation is 3. The van der Waals surface area contributed by atoms with Crippen molar-refractivity contribution >= 4 is 22.7 Å². The van der Waals surface area contributed by atoms with E-state index in [0.717, 1.165) is 55.3 Å². The van der Waals surface area contributed by atoms with Gasteiger partial charge in [0.05, 0.1) is 51.6 Å². The van der Waals surface area contributed by atoms with E-state index in [-0.39, 0.29) is 0 Å². The zero-order valence-electron chi connectivity index (χ0n) is 15.7. The molecule has 0 aliphatic rings. The summed E-state index contributed by atoms with van der Waals surface area (Å²) in [6.07, 6.45) is 4.42. The second-order valence-electron chi connectivity index (χ2n) is 6.37. The van der Waals surface area contributed by atoms with Crippen LogP contribution in [0.4, 0.5) is 0 Å². The molecule has 3 heterocycles. The number of imidazole rings is 1. The fraction of sp³-hybridized carbons (Fsp3) is 0.250. The molecule has 4 rings (SSSR count). The van der Waals surface area contributed by atoms with E-state index >= 15 is 0 Å². The fourth-order valence-electron chi connectivity index (χ4n) is 3.14. The molecule has 3 aromatic heterocycles. The predicted octanol–water partition coefficient (Wildman–Crippen LogP) is 4.88. The second kappa shape index (κ2) is 7.25. The quantitative estimate of drug-likeness (QED) is 0.482. The number of nitrogens with zero attached hydrogens (tertiary/aromatic N) is 4. The van der Waals surface area contributed by atoms with E-state index in [2.05, 4.69) is 27.5 Å². The Hall–Kier alpha value is -2.51. The lowest BCUT2D eigenvalue weighted by Gasteiger charge is -2.10. The van der Waals surface area contributed by atoms with E-state index in [1.807, 2.05) is 44.1 Å². The van der Waals surface area contributed by atoms with Gasteiger partial charge >= 0.3 is 0 Å². The molecular weight excluding hydrogens is 376 g/mol. The van der Waals surface area contributed by atoms with Gasteiger partial charge in [-0.15, -0.1) is 22.7 Å². The second-order valence-corrected chi connectivity index (χ2v) is 8.51. The van der Waals surface area contributed by atoms with Crippen LogP contribution in [0.2, 0.25) is 0 Å². The molecule has 5 nitrogen and oxygen atoms in total. The molecule has 0 unspecified atom stereocenters. The predicted molar refractivity (Wildman–Crippen MR) is 111 cm³/mol. The van der Waals surface area contributed by atoms with Crippen molar-refractivity contribution in [1.29, 1.82) is 0 Å². The van der Waals surface area contributed by atoms with Crippen LogP contribution in [-0.4, -0.2) is 26.6 Å². The number of thiazole rings is 2. The monoisotopic (exact) mass is 396 g/mol. The average molecular weight is 397 g/mol. The van der Waals surface area contributed by atoms with Gasteiger partial charge in [0.15, 0.2) is 0 Å². The number of hydrogen-bond donors (Lipinski definition) is 0. The molecule has 0 aliphatic carbocycles. The third-order valence-corrected chi connectivity index (χ3v) is 6.37. The highest BCUT2D eigenvalue weighted by molar-refractivity contribution is 7.15. The molecule has 0 amide bonds. The maximum atomic E-state index is 5.58. The van der Waals surface area contributed by atoms with Gasteiger partial charge < -0.3 is 9.30 Å². The van der Waals surface area contributed by atoms with Crippen molar-refractivity contribution in [2.24, 2.45) is 7.05 Å². The van der Waals surface area contributed by atoms with E-state index in [1.165, 1.54) is 0 Å². The SMILES string of the molecule is COc1ccc(-c2cncn2C)cc1Cc1nc(-c2sc(C)nc2C)cs1. The third kappa shape index (κ3) is 3.52. The maximum absolute atomic E-state index is 5.58. The van der Waals surface area contributed by atoms with Crippen LogP contribution in [0, 0.1) is 13.8 Å². The first-order valence-electron chi connectivity index (χ1n) is 8.57. The Kier molecular flexibility index (Phi) is 4.80. The molecule has 138 valence electrons.